The standard InChI is InChI=1S/C12H22N2O3/c1-2-5-9(13)10(15)14-8-12(11(16)17)6-3-4-7-12/h9H,2-8,13H2,1H3,(H,14,15)(H,16,17). The minimum Gasteiger partial charge on any atom is -0.481 e. The molecule has 5 heteroatoms. The van der Waals surface area contributed by atoms with Gasteiger partial charge in [0.15, 0.2) is 0 Å². The van der Waals surface area contributed by atoms with Crippen molar-refractivity contribution in [1.82, 2.24) is 5.32 Å². The molecule has 0 bridgehead atoms. The molecule has 1 aliphatic carbocycles. The van der Waals surface area contributed by atoms with Crippen LogP contribution in [0.1, 0.15) is 45.4 Å². The van der Waals surface area contributed by atoms with E-state index in [1.165, 1.54) is 0 Å². The molecular weight excluding hydrogens is 220 g/mol. The Kier molecular flexibility index (Phi) is 4.93. The van der Waals surface area contributed by atoms with Crippen LogP contribution in [-0.4, -0.2) is 29.6 Å². The van der Waals surface area contributed by atoms with Gasteiger partial charge in [-0.15, -0.1) is 0 Å². The minimum atomic E-state index is -0.806. The number of carbonyl (C=O) groups is 2. The van der Waals surface area contributed by atoms with Gasteiger partial charge in [-0.1, -0.05) is 26.2 Å². The van der Waals surface area contributed by atoms with Crippen LogP contribution in [0.5, 0.6) is 0 Å². The first-order valence-electron chi connectivity index (χ1n) is 6.28. The number of amides is 1. The molecular formula is C12H22N2O3. The molecule has 1 unspecified atom stereocenters. The highest BCUT2D eigenvalue weighted by atomic mass is 16.4. The average molecular weight is 242 g/mol. The minimum absolute atomic E-state index is 0.207. The van der Waals surface area contributed by atoms with Gasteiger partial charge in [-0.3, -0.25) is 9.59 Å². The highest BCUT2D eigenvalue weighted by molar-refractivity contribution is 5.82. The van der Waals surface area contributed by atoms with Gasteiger partial charge in [-0.25, -0.2) is 0 Å². The van der Waals surface area contributed by atoms with Gasteiger partial charge in [0.25, 0.3) is 0 Å². The monoisotopic (exact) mass is 242 g/mol. The van der Waals surface area contributed by atoms with Gasteiger partial charge < -0.3 is 16.2 Å². The maximum atomic E-state index is 11.6. The number of carboxylic acids is 1. The largest absolute Gasteiger partial charge is 0.481 e. The lowest BCUT2D eigenvalue weighted by atomic mass is 9.86. The zero-order valence-electron chi connectivity index (χ0n) is 10.4. The Morgan fingerprint density at radius 1 is 1.41 bits per heavy atom. The summed E-state index contributed by atoms with van der Waals surface area (Å²) in [5.74, 6) is -1.04. The van der Waals surface area contributed by atoms with Crippen molar-refractivity contribution in [3.63, 3.8) is 0 Å². The molecule has 1 atom stereocenters. The van der Waals surface area contributed by atoms with E-state index in [0.29, 0.717) is 19.3 Å². The lowest BCUT2D eigenvalue weighted by Gasteiger charge is -2.24. The second-order valence-corrected chi connectivity index (χ2v) is 4.91. The van der Waals surface area contributed by atoms with Crippen LogP contribution >= 0.6 is 0 Å². The fourth-order valence-electron chi connectivity index (χ4n) is 2.35. The summed E-state index contributed by atoms with van der Waals surface area (Å²) in [5, 5.41) is 11.9. The van der Waals surface area contributed by atoms with Crippen molar-refractivity contribution >= 4 is 11.9 Å². The first-order chi connectivity index (χ1) is 8.02. The fourth-order valence-corrected chi connectivity index (χ4v) is 2.35. The zero-order chi connectivity index (χ0) is 12.9. The molecule has 0 heterocycles. The van der Waals surface area contributed by atoms with E-state index >= 15 is 0 Å². The maximum Gasteiger partial charge on any atom is 0.311 e. The molecule has 1 rings (SSSR count). The van der Waals surface area contributed by atoms with Crippen LogP contribution in [0.4, 0.5) is 0 Å². The Morgan fingerprint density at radius 2 is 2.00 bits per heavy atom. The first kappa shape index (κ1) is 14.0. The Balaban J connectivity index is 2.48. The molecule has 1 amide bonds. The number of nitrogens with two attached hydrogens (primary N) is 1. The molecule has 0 radical (unpaired) electrons. The third-order valence-electron chi connectivity index (χ3n) is 3.55. The number of aliphatic carboxylic acids is 1. The van der Waals surface area contributed by atoms with Crippen molar-refractivity contribution in [2.75, 3.05) is 6.54 Å². The second kappa shape index (κ2) is 6.00. The third kappa shape index (κ3) is 3.43. The quantitative estimate of drug-likeness (QED) is 0.644. The van der Waals surface area contributed by atoms with Gasteiger partial charge in [0.2, 0.25) is 5.91 Å². The van der Waals surface area contributed by atoms with Gasteiger partial charge in [-0.2, -0.15) is 0 Å². The summed E-state index contributed by atoms with van der Waals surface area (Å²) < 4.78 is 0. The van der Waals surface area contributed by atoms with Crippen molar-refractivity contribution in [3.8, 4) is 0 Å². The summed E-state index contributed by atoms with van der Waals surface area (Å²) >= 11 is 0. The maximum absolute atomic E-state index is 11.6. The average Bonchev–Trinajstić information content (AvgIpc) is 2.76. The summed E-state index contributed by atoms with van der Waals surface area (Å²) in [4.78, 5) is 22.9. The van der Waals surface area contributed by atoms with Crippen molar-refractivity contribution in [1.29, 1.82) is 0 Å². The van der Waals surface area contributed by atoms with Crippen molar-refractivity contribution in [2.45, 2.75) is 51.5 Å². The summed E-state index contributed by atoms with van der Waals surface area (Å²) in [6.07, 6.45) is 4.61. The van der Waals surface area contributed by atoms with Crippen LogP contribution in [-0.2, 0) is 9.59 Å². The van der Waals surface area contributed by atoms with Crippen LogP contribution in [0, 0.1) is 5.41 Å². The number of rotatable bonds is 6. The van der Waals surface area contributed by atoms with Crippen LogP contribution in [0.2, 0.25) is 0 Å². The van der Waals surface area contributed by atoms with E-state index in [4.69, 9.17) is 5.73 Å². The number of hydrogen-bond acceptors (Lipinski definition) is 3. The molecule has 1 fully saturated rings. The molecule has 0 aromatic carbocycles. The number of nitrogens with one attached hydrogen (secondary N) is 1. The SMILES string of the molecule is CCCC(N)C(=O)NCC1(C(=O)O)CCCC1. The van der Waals surface area contributed by atoms with Gasteiger partial charge in [0, 0.05) is 6.54 Å². The number of carboxylic acid groups (broad SMARTS) is 1. The third-order valence-corrected chi connectivity index (χ3v) is 3.55. The van der Waals surface area contributed by atoms with Crippen molar-refractivity contribution < 1.29 is 14.7 Å². The van der Waals surface area contributed by atoms with E-state index < -0.39 is 17.4 Å². The van der Waals surface area contributed by atoms with E-state index in [1.54, 1.807) is 0 Å². The Labute approximate surface area is 102 Å². The molecule has 5 nitrogen and oxygen atoms in total. The molecule has 1 aliphatic rings. The van der Waals surface area contributed by atoms with E-state index in [9.17, 15) is 14.7 Å². The lowest BCUT2D eigenvalue weighted by Crippen LogP contribution is -2.47. The van der Waals surface area contributed by atoms with Crippen LogP contribution in [0.25, 0.3) is 0 Å². The zero-order valence-corrected chi connectivity index (χ0v) is 10.4. The number of carbonyl (C=O) groups excluding carboxylic acids is 1. The Morgan fingerprint density at radius 3 is 2.47 bits per heavy atom. The molecule has 98 valence electrons. The van der Waals surface area contributed by atoms with Crippen LogP contribution in [0.15, 0.2) is 0 Å². The first-order valence-corrected chi connectivity index (χ1v) is 6.28. The topological polar surface area (TPSA) is 92.4 Å². The second-order valence-electron chi connectivity index (χ2n) is 4.91. The number of hydrogen-bond donors (Lipinski definition) is 3. The predicted molar refractivity (Wildman–Crippen MR) is 64.4 cm³/mol. The van der Waals surface area contributed by atoms with E-state index in [0.717, 1.165) is 19.3 Å². The van der Waals surface area contributed by atoms with Crippen LogP contribution < -0.4 is 11.1 Å². The van der Waals surface area contributed by atoms with E-state index in [2.05, 4.69) is 5.32 Å². The van der Waals surface area contributed by atoms with Crippen LogP contribution in [0.3, 0.4) is 0 Å². The summed E-state index contributed by atoms with van der Waals surface area (Å²) in [6, 6.07) is -0.521. The van der Waals surface area contributed by atoms with Gasteiger partial charge >= 0.3 is 5.97 Å². The molecule has 0 aromatic heterocycles. The summed E-state index contributed by atoms with van der Waals surface area (Å²) in [6.45, 7) is 2.17. The van der Waals surface area contributed by atoms with E-state index in [-0.39, 0.29) is 12.5 Å². The highest BCUT2D eigenvalue weighted by Crippen LogP contribution is 2.37. The molecule has 1 saturated carbocycles. The molecule has 17 heavy (non-hydrogen) atoms. The van der Waals surface area contributed by atoms with Gasteiger partial charge in [0.05, 0.1) is 11.5 Å². The smallest absolute Gasteiger partial charge is 0.311 e. The Bertz CT molecular complexity index is 285. The van der Waals surface area contributed by atoms with Crippen molar-refractivity contribution in [3.05, 3.63) is 0 Å². The Hall–Kier alpha value is -1.10. The molecule has 0 aliphatic heterocycles. The summed E-state index contributed by atoms with van der Waals surface area (Å²) in [7, 11) is 0. The van der Waals surface area contributed by atoms with E-state index in [1.807, 2.05) is 6.92 Å². The van der Waals surface area contributed by atoms with Crippen molar-refractivity contribution in [2.24, 2.45) is 11.1 Å². The molecule has 0 spiro atoms. The molecule has 4 N–H and O–H groups in total. The fraction of sp³-hybridized carbons (Fsp3) is 0.833. The lowest BCUT2D eigenvalue weighted by molar-refractivity contribution is -0.148. The molecule has 0 saturated heterocycles. The van der Waals surface area contributed by atoms with Gasteiger partial charge in [-0.05, 0) is 19.3 Å². The molecule has 0 aromatic rings. The normalized spacial score (nSPS) is 19.9. The summed E-state index contributed by atoms with van der Waals surface area (Å²) in [5.41, 5.74) is 4.91. The predicted octanol–water partition coefficient (Wildman–Crippen LogP) is 0.875. The van der Waals surface area contributed by atoms with Gasteiger partial charge in [0.1, 0.15) is 0 Å². The highest BCUT2D eigenvalue weighted by Gasteiger charge is 2.41.